The second-order valence-electron chi connectivity index (χ2n) is 6.19. The second kappa shape index (κ2) is 7.49. The average molecular weight is 328 g/mol. The summed E-state index contributed by atoms with van der Waals surface area (Å²) in [6.45, 7) is 4.51. The van der Waals surface area contributed by atoms with Gasteiger partial charge in [0.15, 0.2) is 0 Å². The van der Waals surface area contributed by atoms with Gasteiger partial charge in [-0.15, -0.1) is 0 Å². The Labute approximate surface area is 142 Å². The number of ether oxygens (including phenoxy) is 1. The van der Waals surface area contributed by atoms with Crippen LogP contribution in [0.5, 0.6) is 5.75 Å². The molecule has 0 spiro atoms. The third-order valence-corrected chi connectivity index (χ3v) is 4.36. The first kappa shape index (κ1) is 16.5. The van der Waals surface area contributed by atoms with Gasteiger partial charge in [0.1, 0.15) is 5.75 Å². The minimum Gasteiger partial charge on any atom is -0.497 e. The SMILES string of the molecule is COc1cccc(-n2cc([C@@H](C)NC(=O)CN3CCCC3)cn2)c1. The van der Waals surface area contributed by atoms with E-state index in [9.17, 15) is 4.79 Å². The summed E-state index contributed by atoms with van der Waals surface area (Å²) >= 11 is 0. The molecule has 1 aromatic heterocycles. The van der Waals surface area contributed by atoms with E-state index in [1.54, 1.807) is 18.0 Å². The van der Waals surface area contributed by atoms with Crippen molar-refractivity contribution in [1.29, 1.82) is 0 Å². The molecule has 1 aliphatic heterocycles. The highest BCUT2D eigenvalue weighted by atomic mass is 16.5. The molecule has 1 saturated heterocycles. The summed E-state index contributed by atoms with van der Waals surface area (Å²) in [5.41, 5.74) is 1.91. The minimum atomic E-state index is -0.0699. The number of carbonyl (C=O) groups excluding carboxylic acids is 1. The largest absolute Gasteiger partial charge is 0.497 e. The lowest BCUT2D eigenvalue weighted by atomic mass is 10.2. The molecule has 1 aromatic carbocycles. The second-order valence-corrected chi connectivity index (χ2v) is 6.19. The van der Waals surface area contributed by atoms with Crippen LogP contribution < -0.4 is 10.1 Å². The topological polar surface area (TPSA) is 59.4 Å². The summed E-state index contributed by atoms with van der Waals surface area (Å²) in [6, 6.07) is 7.65. The Kier molecular flexibility index (Phi) is 5.15. The van der Waals surface area contributed by atoms with Crippen molar-refractivity contribution in [3.63, 3.8) is 0 Å². The van der Waals surface area contributed by atoms with E-state index in [4.69, 9.17) is 4.74 Å². The lowest BCUT2D eigenvalue weighted by molar-refractivity contribution is -0.122. The van der Waals surface area contributed by atoms with Crippen LogP contribution in [-0.2, 0) is 4.79 Å². The zero-order valence-corrected chi connectivity index (χ0v) is 14.2. The lowest BCUT2D eigenvalue weighted by Gasteiger charge is -2.17. The number of rotatable bonds is 6. The number of nitrogens with one attached hydrogen (secondary N) is 1. The van der Waals surface area contributed by atoms with Crippen LogP contribution in [0.15, 0.2) is 36.7 Å². The maximum atomic E-state index is 12.1. The van der Waals surface area contributed by atoms with Gasteiger partial charge in [-0.3, -0.25) is 9.69 Å². The van der Waals surface area contributed by atoms with Crippen molar-refractivity contribution in [2.75, 3.05) is 26.7 Å². The molecule has 0 aliphatic carbocycles. The summed E-state index contributed by atoms with van der Waals surface area (Å²) in [7, 11) is 1.64. The molecule has 0 bridgehead atoms. The third-order valence-electron chi connectivity index (χ3n) is 4.36. The smallest absolute Gasteiger partial charge is 0.234 e. The van der Waals surface area contributed by atoms with Crippen LogP contribution in [0.1, 0.15) is 31.4 Å². The Morgan fingerprint density at radius 1 is 1.38 bits per heavy atom. The molecule has 0 radical (unpaired) electrons. The van der Waals surface area contributed by atoms with Crippen LogP contribution in [0, 0.1) is 0 Å². The number of likely N-dealkylation sites (tertiary alicyclic amines) is 1. The fourth-order valence-electron chi connectivity index (χ4n) is 2.97. The van der Waals surface area contributed by atoms with Crippen molar-refractivity contribution in [3.8, 4) is 11.4 Å². The fourth-order valence-corrected chi connectivity index (χ4v) is 2.97. The van der Waals surface area contributed by atoms with E-state index < -0.39 is 0 Å². The molecule has 1 fully saturated rings. The number of nitrogens with zero attached hydrogens (tertiary/aromatic N) is 3. The standard InChI is InChI=1S/C18H24N4O2/c1-14(20-18(23)13-21-8-3-4-9-21)15-11-19-22(12-15)16-6-5-7-17(10-16)24-2/h5-7,10-12,14H,3-4,8-9,13H2,1-2H3,(H,20,23)/t14-/m1/s1. The third kappa shape index (κ3) is 3.94. The molecule has 6 heteroatoms. The first-order chi connectivity index (χ1) is 11.7. The van der Waals surface area contributed by atoms with Gasteiger partial charge < -0.3 is 10.1 Å². The molecule has 1 N–H and O–H groups in total. The number of hydrogen-bond acceptors (Lipinski definition) is 4. The number of benzene rings is 1. The first-order valence-corrected chi connectivity index (χ1v) is 8.36. The molecule has 24 heavy (non-hydrogen) atoms. The molecular weight excluding hydrogens is 304 g/mol. The predicted octanol–water partition coefficient (Wildman–Crippen LogP) is 2.15. The Balaban J connectivity index is 1.62. The maximum Gasteiger partial charge on any atom is 0.234 e. The predicted molar refractivity (Wildman–Crippen MR) is 92.3 cm³/mol. The number of methoxy groups -OCH3 is 1. The van der Waals surface area contributed by atoms with Crippen molar-refractivity contribution >= 4 is 5.91 Å². The average Bonchev–Trinajstić information content (AvgIpc) is 3.26. The summed E-state index contributed by atoms with van der Waals surface area (Å²) in [6.07, 6.45) is 6.11. The lowest BCUT2D eigenvalue weighted by Crippen LogP contribution is -2.36. The van der Waals surface area contributed by atoms with Crippen LogP contribution >= 0.6 is 0 Å². The molecule has 1 atom stereocenters. The molecule has 0 saturated carbocycles. The van der Waals surface area contributed by atoms with Gasteiger partial charge in [-0.25, -0.2) is 4.68 Å². The Morgan fingerprint density at radius 3 is 2.92 bits per heavy atom. The van der Waals surface area contributed by atoms with Crippen molar-refractivity contribution in [1.82, 2.24) is 20.0 Å². The van der Waals surface area contributed by atoms with Crippen LogP contribution in [-0.4, -0.2) is 47.3 Å². The highest BCUT2D eigenvalue weighted by Crippen LogP contribution is 2.18. The number of aromatic nitrogens is 2. The van der Waals surface area contributed by atoms with Crippen LogP contribution in [0.25, 0.3) is 5.69 Å². The molecule has 128 valence electrons. The molecule has 1 amide bonds. The van der Waals surface area contributed by atoms with Crippen LogP contribution in [0.2, 0.25) is 0 Å². The van der Waals surface area contributed by atoms with E-state index in [-0.39, 0.29) is 11.9 Å². The normalized spacial score (nSPS) is 16.1. The van der Waals surface area contributed by atoms with Gasteiger partial charge in [0.2, 0.25) is 5.91 Å². The first-order valence-electron chi connectivity index (χ1n) is 8.36. The number of hydrogen-bond donors (Lipinski definition) is 1. The highest BCUT2D eigenvalue weighted by Gasteiger charge is 2.17. The van der Waals surface area contributed by atoms with Gasteiger partial charge >= 0.3 is 0 Å². The Hall–Kier alpha value is -2.34. The molecular formula is C18H24N4O2. The summed E-state index contributed by atoms with van der Waals surface area (Å²) in [5.74, 6) is 0.857. The monoisotopic (exact) mass is 328 g/mol. The van der Waals surface area contributed by atoms with E-state index in [2.05, 4.69) is 15.3 Å². The van der Waals surface area contributed by atoms with E-state index in [0.29, 0.717) is 6.54 Å². The summed E-state index contributed by atoms with van der Waals surface area (Å²) < 4.78 is 7.04. The van der Waals surface area contributed by atoms with Gasteiger partial charge in [0.05, 0.1) is 31.6 Å². The van der Waals surface area contributed by atoms with Gasteiger partial charge in [-0.1, -0.05) is 6.07 Å². The maximum absolute atomic E-state index is 12.1. The highest BCUT2D eigenvalue weighted by molar-refractivity contribution is 5.78. The van der Waals surface area contributed by atoms with E-state index in [0.717, 1.165) is 30.1 Å². The van der Waals surface area contributed by atoms with Crippen molar-refractivity contribution < 1.29 is 9.53 Å². The van der Waals surface area contributed by atoms with E-state index in [1.165, 1.54) is 12.8 Å². The molecule has 1 aliphatic rings. The van der Waals surface area contributed by atoms with Crippen LogP contribution in [0.3, 0.4) is 0 Å². The zero-order valence-electron chi connectivity index (χ0n) is 14.2. The Morgan fingerprint density at radius 2 is 2.17 bits per heavy atom. The number of amides is 1. The van der Waals surface area contributed by atoms with Gasteiger partial charge in [0.25, 0.3) is 0 Å². The van der Waals surface area contributed by atoms with Crippen molar-refractivity contribution in [2.45, 2.75) is 25.8 Å². The van der Waals surface area contributed by atoms with E-state index >= 15 is 0 Å². The molecule has 0 unspecified atom stereocenters. The molecule has 2 aromatic rings. The Bertz CT molecular complexity index is 692. The van der Waals surface area contributed by atoms with Gasteiger partial charge in [-0.2, -0.15) is 5.10 Å². The molecule has 3 rings (SSSR count). The van der Waals surface area contributed by atoms with Crippen molar-refractivity contribution in [2.24, 2.45) is 0 Å². The fraction of sp³-hybridized carbons (Fsp3) is 0.444. The molecule has 6 nitrogen and oxygen atoms in total. The summed E-state index contributed by atoms with van der Waals surface area (Å²) in [5, 5.41) is 7.44. The minimum absolute atomic E-state index is 0.0681. The van der Waals surface area contributed by atoms with E-state index in [1.807, 2.05) is 37.4 Å². The van der Waals surface area contributed by atoms with Gasteiger partial charge in [0, 0.05) is 17.8 Å². The van der Waals surface area contributed by atoms with Gasteiger partial charge in [-0.05, 0) is 45.0 Å². The zero-order chi connectivity index (χ0) is 16.9. The molecule has 2 heterocycles. The van der Waals surface area contributed by atoms with Crippen molar-refractivity contribution in [3.05, 3.63) is 42.2 Å². The number of carbonyl (C=O) groups is 1. The van der Waals surface area contributed by atoms with Crippen LogP contribution in [0.4, 0.5) is 0 Å². The summed E-state index contributed by atoms with van der Waals surface area (Å²) in [4.78, 5) is 14.3. The quantitative estimate of drug-likeness (QED) is 0.883.